The van der Waals surface area contributed by atoms with E-state index < -0.39 is 0 Å². The number of hydrogen-bond donors (Lipinski definition) is 3. The number of nitrogens with two attached hydrogens (primary N) is 1. The third kappa shape index (κ3) is 3.63. The minimum absolute atomic E-state index is 0.100. The molecular formula is C10H22N2O. The summed E-state index contributed by atoms with van der Waals surface area (Å²) in [7, 11) is 1.91. The highest BCUT2D eigenvalue weighted by Crippen LogP contribution is 2.27. The van der Waals surface area contributed by atoms with Gasteiger partial charge >= 0.3 is 0 Å². The molecule has 0 radical (unpaired) electrons. The minimum atomic E-state index is -0.100. The summed E-state index contributed by atoms with van der Waals surface area (Å²) in [4.78, 5) is 0. The molecule has 0 amide bonds. The molecule has 0 aromatic rings. The van der Waals surface area contributed by atoms with Gasteiger partial charge in [-0.15, -0.1) is 0 Å². The summed E-state index contributed by atoms with van der Waals surface area (Å²) in [6.45, 7) is 0.850. The molecule has 1 rings (SSSR count). The van der Waals surface area contributed by atoms with Crippen molar-refractivity contribution in [2.75, 3.05) is 13.6 Å². The summed E-state index contributed by atoms with van der Waals surface area (Å²) in [5, 5.41) is 12.8. The second kappa shape index (κ2) is 5.58. The van der Waals surface area contributed by atoms with Crippen LogP contribution in [0.15, 0.2) is 0 Å². The van der Waals surface area contributed by atoms with Gasteiger partial charge in [0, 0.05) is 12.6 Å². The van der Waals surface area contributed by atoms with Crippen molar-refractivity contribution in [1.29, 1.82) is 0 Å². The van der Waals surface area contributed by atoms with Crippen LogP contribution in [0.1, 0.15) is 32.1 Å². The van der Waals surface area contributed by atoms with Gasteiger partial charge in [-0.25, -0.2) is 0 Å². The van der Waals surface area contributed by atoms with Gasteiger partial charge in [0.05, 0.1) is 6.10 Å². The van der Waals surface area contributed by atoms with Gasteiger partial charge < -0.3 is 16.2 Å². The Labute approximate surface area is 80.7 Å². The van der Waals surface area contributed by atoms with Crippen LogP contribution in [0.4, 0.5) is 0 Å². The SMILES string of the molecule is CNCC(N)CC1CCCCC1O. The van der Waals surface area contributed by atoms with Gasteiger partial charge in [-0.1, -0.05) is 12.8 Å². The summed E-state index contributed by atoms with van der Waals surface area (Å²) >= 11 is 0. The van der Waals surface area contributed by atoms with Crippen molar-refractivity contribution < 1.29 is 5.11 Å². The topological polar surface area (TPSA) is 58.3 Å². The fourth-order valence-corrected chi connectivity index (χ4v) is 2.20. The van der Waals surface area contributed by atoms with Crippen molar-refractivity contribution >= 4 is 0 Å². The molecular weight excluding hydrogens is 164 g/mol. The fraction of sp³-hybridized carbons (Fsp3) is 1.00. The molecule has 1 aliphatic carbocycles. The summed E-state index contributed by atoms with van der Waals surface area (Å²) in [6.07, 6.45) is 5.42. The van der Waals surface area contributed by atoms with Crippen LogP contribution < -0.4 is 11.1 Å². The Hall–Kier alpha value is -0.120. The molecule has 78 valence electrons. The van der Waals surface area contributed by atoms with Crippen molar-refractivity contribution in [3.8, 4) is 0 Å². The Morgan fingerprint density at radius 3 is 2.77 bits per heavy atom. The second-order valence-corrected chi connectivity index (χ2v) is 4.17. The molecule has 1 aliphatic rings. The van der Waals surface area contributed by atoms with Gasteiger partial charge in [-0.2, -0.15) is 0 Å². The van der Waals surface area contributed by atoms with Crippen LogP contribution in [0.3, 0.4) is 0 Å². The van der Waals surface area contributed by atoms with E-state index in [1.54, 1.807) is 0 Å². The molecule has 4 N–H and O–H groups in total. The Bertz CT molecular complexity index is 141. The number of likely N-dealkylation sites (N-methyl/N-ethyl adjacent to an activating group) is 1. The van der Waals surface area contributed by atoms with Gasteiger partial charge in [-0.3, -0.25) is 0 Å². The molecule has 0 spiro atoms. The van der Waals surface area contributed by atoms with Crippen LogP contribution in [0.2, 0.25) is 0 Å². The average molecular weight is 186 g/mol. The van der Waals surface area contributed by atoms with E-state index in [4.69, 9.17) is 5.73 Å². The third-order valence-corrected chi connectivity index (χ3v) is 2.94. The number of nitrogens with one attached hydrogen (secondary N) is 1. The quantitative estimate of drug-likeness (QED) is 0.598. The maximum absolute atomic E-state index is 9.71. The molecule has 0 aromatic carbocycles. The van der Waals surface area contributed by atoms with E-state index in [-0.39, 0.29) is 12.1 Å². The lowest BCUT2D eigenvalue weighted by Gasteiger charge is -2.29. The Morgan fingerprint density at radius 1 is 1.46 bits per heavy atom. The second-order valence-electron chi connectivity index (χ2n) is 4.17. The van der Waals surface area contributed by atoms with Gasteiger partial charge in [0.2, 0.25) is 0 Å². The van der Waals surface area contributed by atoms with Crippen LogP contribution in [-0.4, -0.2) is 30.8 Å². The van der Waals surface area contributed by atoms with Crippen molar-refractivity contribution in [3.05, 3.63) is 0 Å². The zero-order chi connectivity index (χ0) is 9.68. The van der Waals surface area contributed by atoms with Gasteiger partial charge in [-0.05, 0) is 32.2 Å². The summed E-state index contributed by atoms with van der Waals surface area (Å²) in [5.41, 5.74) is 5.90. The molecule has 0 aromatic heterocycles. The molecule has 13 heavy (non-hydrogen) atoms. The van der Waals surface area contributed by atoms with E-state index in [0.29, 0.717) is 5.92 Å². The molecule has 0 saturated heterocycles. The average Bonchev–Trinajstić information content (AvgIpc) is 2.09. The monoisotopic (exact) mass is 186 g/mol. The maximum atomic E-state index is 9.71. The van der Waals surface area contributed by atoms with E-state index in [0.717, 1.165) is 25.8 Å². The van der Waals surface area contributed by atoms with E-state index >= 15 is 0 Å². The van der Waals surface area contributed by atoms with E-state index in [2.05, 4.69) is 5.32 Å². The normalized spacial score (nSPS) is 31.6. The molecule has 1 fully saturated rings. The minimum Gasteiger partial charge on any atom is -0.393 e. The molecule has 1 saturated carbocycles. The molecule has 0 aliphatic heterocycles. The van der Waals surface area contributed by atoms with Crippen molar-refractivity contribution in [3.63, 3.8) is 0 Å². The van der Waals surface area contributed by atoms with E-state index in [9.17, 15) is 5.11 Å². The zero-order valence-electron chi connectivity index (χ0n) is 8.50. The highest BCUT2D eigenvalue weighted by atomic mass is 16.3. The summed E-state index contributed by atoms with van der Waals surface area (Å²) in [5.74, 6) is 0.442. The molecule has 0 heterocycles. The first-order valence-corrected chi connectivity index (χ1v) is 5.32. The summed E-state index contributed by atoms with van der Waals surface area (Å²) < 4.78 is 0. The van der Waals surface area contributed by atoms with Crippen molar-refractivity contribution in [1.82, 2.24) is 5.32 Å². The van der Waals surface area contributed by atoms with Crippen LogP contribution in [0.5, 0.6) is 0 Å². The Kier molecular flexibility index (Phi) is 4.70. The van der Waals surface area contributed by atoms with E-state index in [1.165, 1.54) is 12.8 Å². The molecule has 3 atom stereocenters. The van der Waals surface area contributed by atoms with Crippen molar-refractivity contribution in [2.24, 2.45) is 11.7 Å². The predicted molar refractivity (Wildman–Crippen MR) is 54.5 cm³/mol. The van der Waals surface area contributed by atoms with Crippen LogP contribution >= 0.6 is 0 Å². The highest BCUT2D eigenvalue weighted by Gasteiger charge is 2.24. The molecule has 0 bridgehead atoms. The number of rotatable bonds is 4. The number of hydrogen-bond acceptors (Lipinski definition) is 3. The van der Waals surface area contributed by atoms with Gasteiger partial charge in [0.25, 0.3) is 0 Å². The van der Waals surface area contributed by atoms with E-state index in [1.807, 2.05) is 7.05 Å². The zero-order valence-corrected chi connectivity index (χ0v) is 8.50. The van der Waals surface area contributed by atoms with Gasteiger partial charge in [0.15, 0.2) is 0 Å². The lowest BCUT2D eigenvalue weighted by Crippen LogP contribution is -2.37. The Balaban J connectivity index is 2.25. The lowest BCUT2D eigenvalue weighted by molar-refractivity contribution is 0.0617. The molecule has 3 heteroatoms. The fourth-order valence-electron chi connectivity index (χ4n) is 2.20. The van der Waals surface area contributed by atoms with Crippen LogP contribution in [-0.2, 0) is 0 Å². The summed E-state index contributed by atoms with van der Waals surface area (Å²) in [6, 6.07) is 0.197. The smallest absolute Gasteiger partial charge is 0.0569 e. The largest absolute Gasteiger partial charge is 0.393 e. The standard InChI is InChI=1S/C10H22N2O/c1-12-7-9(11)6-8-4-2-3-5-10(8)13/h8-10,12-13H,2-7,11H2,1H3. The highest BCUT2D eigenvalue weighted by molar-refractivity contribution is 4.78. The van der Waals surface area contributed by atoms with Crippen molar-refractivity contribution in [2.45, 2.75) is 44.2 Å². The number of aliphatic hydroxyl groups is 1. The molecule has 3 nitrogen and oxygen atoms in total. The Morgan fingerprint density at radius 2 is 2.15 bits per heavy atom. The first-order valence-electron chi connectivity index (χ1n) is 5.32. The van der Waals surface area contributed by atoms with Crippen LogP contribution in [0.25, 0.3) is 0 Å². The lowest BCUT2D eigenvalue weighted by atomic mass is 9.82. The number of aliphatic hydroxyl groups excluding tert-OH is 1. The molecule has 3 unspecified atom stereocenters. The maximum Gasteiger partial charge on any atom is 0.0569 e. The van der Waals surface area contributed by atoms with Crippen LogP contribution in [0, 0.1) is 5.92 Å². The third-order valence-electron chi connectivity index (χ3n) is 2.94. The van der Waals surface area contributed by atoms with Gasteiger partial charge in [0.1, 0.15) is 0 Å². The first kappa shape index (κ1) is 11.0. The predicted octanol–water partition coefficient (Wildman–Crippen LogP) is 0.474. The first-order chi connectivity index (χ1) is 6.24.